The second-order valence-corrected chi connectivity index (χ2v) is 6.85. The molecule has 0 spiro atoms. The van der Waals surface area contributed by atoms with Crippen LogP contribution in [0.5, 0.6) is 0 Å². The molecule has 0 aliphatic heterocycles. The van der Waals surface area contributed by atoms with E-state index in [1.165, 1.54) is 10.9 Å². The van der Waals surface area contributed by atoms with E-state index in [2.05, 4.69) is 40.1 Å². The van der Waals surface area contributed by atoms with Crippen LogP contribution in [0, 0.1) is 5.82 Å². The molecule has 0 unspecified atom stereocenters. The number of thiazole rings is 1. The van der Waals surface area contributed by atoms with Crippen LogP contribution in [0.4, 0.5) is 4.39 Å². The third kappa shape index (κ3) is 4.11. The Labute approximate surface area is 137 Å². The molecule has 2 nitrogen and oxygen atoms in total. The number of hydrogen-bond donors (Lipinski definition) is 1. The SMILES string of the molecule is CCCNCc1sc(-c2c(F)cccc2Br)nc1CCC. The maximum Gasteiger partial charge on any atom is 0.134 e. The molecule has 0 aliphatic rings. The van der Waals surface area contributed by atoms with Gasteiger partial charge in [0, 0.05) is 15.9 Å². The molecule has 2 aromatic rings. The number of nitrogens with zero attached hydrogens (tertiary/aromatic N) is 1. The summed E-state index contributed by atoms with van der Waals surface area (Å²) in [6.45, 7) is 6.09. The molecule has 0 fully saturated rings. The number of halogens is 2. The summed E-state index contributed by atoms with van der Waals surface area (Å²) in [5.41, 5.74) is 1.66. The van der Waals surface area contributed by atoms with E-state index in [1.807, 2.05) is 6.07 Å². The van der Waals surface area contributed by atoms with Gasteiger partial charge in [0.1, 0.15) is 10.8 Å². The first-order chi connectivity index (χ1) is 10.2. The van der Waals surface area contributed by atoms with Crippen molar-refractivity contribution in [2.45, 2.75) is 39.7 Å². The molecule has 0 radical (unpaired) electrons. The highest BCUT2D eigenvalue weighted by molar-refractivity contribution is 9.10. The largest absolute Gasteiger partial charge is 0.312 e. The standard InChI is InChI=1S/C16H20BrFN2S/c1-3-6-13-14(10-19-9-4-2)21-16(20-13)15-11(17)7-5-8-12(15)18/h5,7-8,19H,3-4,6,9-10H2,1-2H3. The highest BCUT2D eigenvalue weighted by Gasteiger charge is 2.16. The van der Waals surface area contributed by atoms with Gasteiger partial charge in [0.25, 0.3) is 0 Å². The lowest BCUT2D eigenvalue weighted by atomic mass is 10.2. The van der Waals surface area contributed by atoms with Crippen LogP contribution in [-0.4, -0.2) is 11.5 Å². The maximum absolute atomic E-state index is 14.1. The van der Waals surface area contributed by atoms with E-state index in [0.29, 0.717) is 5.56 Å². The van der Waals surface area contributed by atoms with Gasteiger partial charge in [-0.05, 0) is 47.4 Å². The van der Waals surface area contributed by atoms with Crippen LogP contribution in [0.2, 0.25) is 0 Å². The molecule has 0 bridgehead atoms. The Kier molecular flexibility index (Phi) is 6.33. The van der Waals surface area contributed by atoms with Crippen LogP contribution < -0.4 is 5.32 Å². The van der Waals surface area contributed by atoms with Crippen molar-refractivity contribution in [2.75, 3.05) is 6.54 Å². The smallest absolute Gasteiger partial charge is 0.134 e. The summed E-state index contributed by atoms with van der Waals surface area (Å²) >= 11 is 5.02. The highest BCUT2D eigenvalue weighted by Crippen LogP contribution is 2.35. The number of aryl methyl sites for hydroxylation is 1. The predicted octanol–water partition coefficient (Wildman–Crippen LogP) is 5.16. The summed E-state index contributed by atoms with van der Waals surface area (Å²) in [5.74, 6) is -0.228. The van der Waals surface area contributed by atoms with E-state index < -0.39 is 0 Å². The average Bonchev–Trinajstić information content (AvgIpc) is 2.82. The number of benzene rings is 1. The summed E-state index contributed by atoms with van der Waals surface area (Å²) in [6, 6.07) is 5.04. The lowest BCUT2D eigenvalue weighted by Gasteiger charge is -2.02. The van der Waals surface area contributed by atoms with Gasteiger partial charge in [0.05, 0.1) is 11.3 Å². The quantitative estimate of drug-likeness (QED) is 0.680. The summed E-state index contributed by atoms with van der Waals surface area (Å²) < 4.78 is 14.8. The number of aromatic nitrogens is 1. The van der Waals surface area contributed by atoms with Crippen molar-refractivity contribution in [3.63, 3.8) is 0 Å². The van der Waals surface area contributed by atoms with Gasteiger partial charge in [0.2, 0.25) is 0 Å². The molecule has 0 aliphatic carbocycles. The van der Waals surface area contributed by atoms with Gasteiger partial charge in [-0.1, -0.05) is 26.3 Å². The van der Waals surface area contributed by atoms with E-state index in [4.69, 9.17) is 0 Å². The van der Waals surface area contributed by atoms with Crippen molar-refractivity contribution in [3.05, 3.63) is 39.1 Å². The molecule has 1 aromatic heterocycles. The Morgan fingerprint density at radius 2 is 2.10 bits per heavy atom. The molecular weight excluding hydrogens is 351 g/mol. The molecule has 1 heterocycles. The van der Waals surface area contributed by atoms with Gasteiger partial charge in [-0.15, -0.1) is 11.3 Å². The summed E-state index contributed by atoms with van der Waals surface area (Å²) in [7, 11) is 0. The van der Waals surface area contributed by atoms with Crippen LogP contribution >= 0.6 is 27.3 Å². The third-order valence-corrected chi connectivity index (χ3v) is 4.93. The topological polar surface area (TPSA) is 24.9 Å². The molecule has 114 valence electrons. The van der Waals surface area contributed by atoms with Crippen LogP contribution in [0.15, 0.2) is 22.7 Å². The van der Waals surface area contributed by atoms with E-state index in [0.717, 1.165) is 47.5 Å². The molecule has 5 heteroatoms. The second-order valence-electron chi connectivity index (χ2n) is 4.91. The molecule has 0 saturated carbocycles. The molecule has 0 saturated heterocycles. The minimum absolute atomic E-state index is 0.228. The van der Waals surface area contributed by atoms with Crippen molar-refractivity contribution in [2.24, 2.45) is 0 Å². The zero-order valence-electron chi connectivity index (χ0n) is 12.4. The van der Waals surface area contributed by atoms with Crippen LogP contribution in [0.3, 0.4) is 0 Å². The van der Waals surface area contributed by atoms with Gasteiger partial charge in [-0.25, -0.2) is 9.37 Å². The Morgan fingerprint density at radius 3 is 2.76 bits per heavy atom. The van der Waals surface area contributed by atoms with Crippen LogP contribution in [0.25, 0.3) is 10.6 Å². The van der Waals surface area contributed by atoms with Gasteiger partial charge >= 0.3 is 0 Å². The monoisotopic (exact) mass is 370 g/mol. The molecule has 0 amide bonds. The lowest BCUT2D eigenvalue weighted by molar-refractivity contribution is 0.630. The minimum Gasteiger partial charge on any atom is -0.312 e. The fourth-order valence-electron chi connectivity index (χ4n) is 2.14. The normalized spacial score (nSPS) is 11.0. The van der Waals surface area contributed by atoms with Crippen molar-refractivity contribution in [1.82, 2.24) is 10.3 Å². The first-order valence-corrected chi connectivity index (χ1v) is 8.92. The second kappa shape index (κ2) is 8.01. The average molecular weight is 371 g/mol. The Bertz CT molecular complexity index is 578. The number of hydrogen-bond acceptors (Lipinski definition) is 3. The zero-order chi connectivity index (χ0) is 15.2. The van der Waals surface area contributed by atoms with Gasteiger partial charge in [0.15, 0.2) is 0 Å². The fraction of sp³-hybridized carbons (Fsp3) is 0.438. The Hall–Kier alpha value is -0.780. The Balaban J connectivity index is 2.34. The van der Waals surface area contributed by atoms with E-state index >= 15 is 0 Å². The summed E-state index contributed by atoms with van der Waals surface area (Å²) in [6.07, 6.45) is 3.09. The molecular formula is C16H20BrFN2S. The summed E-state index contributed by atoms with van der Waals surface area (Å²) in [4.78, 5) is 5.90. The van der Waals surface area contributed by atoms with Crippen molar-refractivity contribution in [1.29, 1.82) is 0 Å². The predicted molar refractivity (Wildman–Crippen MR) is 91.2 cm³/mol. The summed E-state index contributed by atoms with van der Waals surface area (Å²) in [5, 5.41) is 4.17. The van der Waals surface area contributed by atoms with Crippen molar-refractivity contribution in [3.8, 4) is 10.6 Å². The molecule has 0 atom stereocenters. The van der Waals surface area contributed by atoms with Gasteiger partial charge < -0.3 is 5.32 Å². The number of nitrogens with one attached hydrogen (secondary N) is 1. The first-order valence-electron chi connectivity index (χ1n) is 7.31. The van der Waals surface area contributed by atoms with Gasteiger partial charge in [-0.2, -0.15) is 0 Å². The first kappa shape index (κ1) is 16.6. The lowest BCUT2D eigenvalue weighted by Crippen LogP contribution is -2.13. The van der Waals surface area contributed by atoms with Crippen LogP contribution in [-0.2, 0) is 13.0 Å². The minimum atomic E-state index is -0.228. The molecule has 1 aromatic carbocycles. The zero-order valence-corrected chi connectivity index (χ0v) is 14.8. The molecule has 21 heavy (non-hydrogen) atoms. The van der Waals surface area contributed by atoms with E-state index in [1.54, 1.807) is 17.4 Å². The van der Waals surface area contributed by atoms with E-state index in [9.17, 15) is 4.39 Å². The number of rotatable bonds is 7. The van der Waals surface area contributed by atoms with E-state index in [-0.39, 0.29) is 5.82 Å². The van der Waals surface area contributed by atoms with Crippen molar-refractivity contribution >= 4 is 27.3 Å². The van der Waals surface area contributed by atoms with Gasteiger partial charge in [-0.3, -0.25) is 0 Å². The third-order valence-electron chi connectivity index (χ3n) is 3.15. The molecule has 1 N–H and O–H groups in total. The van der Waals surface area contributed by atoms with Crippen molar-refractivity contribution < 1.29 is 4.39 Å². The van der Waals surface area contributed by atoms with Crippen LogP contribution in [0.1, 0.15) is 37.3 Å². The highest BCUT2D eigenvalue weighted by atomic mass is 79.9. The fourth-order valence-corrected chi connectivity index (χ4v) is 3.94. The molecule has 2 rings (SSSR count). The Morgan fingerprint density at radius 1 is 1.29 bits per heavy atom. The maximum atomic E-state index is 14.1.